The minimum atomic E-state index is -0.479. The number of aliphatic hydroxyl groups excluding tert-OH is 1. The van der Waals surface area contributed by atoms with Crippen LogP contribution in [0.4, 0.5) is 8.78 Å². The summed E-state index contributed by atoms with van der Waals surface area (Å²) < 4.78 is 36.4. The van der Waals surface area contributed by atoms with E-state index in [0.29, 0.717) is 19.6 Å². The SMILES string of the molecule is COc1ccc2c3c(n(C)c2c1)[C@@H](CO)N(Cc1cc(F)ccc1F)CC31CCN(C(=O)C2CC2)CC1. The predicted molar refractivity (Wildman–Crippen MR) is 136 cm³/mol. The summed E-state index contributed by atoms with van der Waals surface area (Å²) in [6.45, 7) is 1.98. The number of rotatable bonds is 5. The highest BCUT2D eigenvalue weighted by Gasteiger charge is 2.49. The Labute approximate surface area is 215 Å². The van der Waals surface area contributed by atoms with Crippen LogP contribution in [0.1, 0.15) is 48.5 Å². The Bertz CT molecular complexity index is 1360. The number of carbonyl (C=O) groups is 1. The molecule has 0 bridgehead atoms. The molecular weight excluding hydrogens is 476 g/mol. The van der Waals surface area contributed by atoms with Gasteiger partial charge >= 0.3 is 0 Å². The third-order valence-electron chi connectivity index (χ3n) is 8.76. The van der Waals surface area contributed by atoms with Gasteiger partial charge in [-0.1, -0.05) is 0 Å². The number of aliphatic hydroxyl groups is 1. The van der Waals surface area contributed by atoms with Gasteiger partial charge in [-0.05, 0) is 61.6 Å². The zero-order chi connectivity index (χ0) is 25.9. The van der Waals surface area contributed by atoms with Gasteiger partial charge in [-0.3, -0.25) is 9.69 Å². The molecule has 1 aromatic heterocycles. The topological polar surface area (TPSA) is 57.9 Å². The number of amides is 1. The maximum Gasteiger partial charge on any atom is 0.225 e. The quantitative estimate of drug-likeness (QED) is 0.558. The number of ether oxygens (including phenoxy) is 1. The molecule has 0 unspecified atom stereocenters. The lowest BCUT2D eigenvalue weighted by atomic mass is 9.68. The highest BCUT2D eigenvalue weighted by Crippen LogP contribution is 2.50. The van der Waals surface area contributed by atoms with Gasteiger partial charge in [0.1, 0.15) is 17.4 Å². The number of nitrogens with zero attached hydrogens (tertiary/aromatic N) is 3. The van der Waals surface area contributed by atoms with E-state index in [2.05, 4.69) is 15.5 Å². The molecule has 196 valence electrons. The van der Waals surface area contributed by atoms with Crippen LogP contribution in [-0.2, 0) is 23.8 Å². The first-order valence-electron chi connectivity index (χ1n) is 13.1. The van der Waals surface area contributed by atoms with Crippen molar-refractivity contribution in [2.75, 3.05) is 33.4 Å². The largest absolute Gasteiger partial charge is 0.497 e. The summed E-state index contributed by atoms with van der Waals surface area (Å²) >= 11 is 0. The van der Waals surface area contributed by atoms with Crippen LogP contribution in [0.5, 0.6) is 5.75 Å². The first-order valence-corrected chi connectivity index (χ1v) is 13.1. The van der Waals surface area contributed by atoms with E-state index in [4.69, 9.17) is 4.74 Å². The van der Waals surface area contributed by atoms with Gasteiger partial charge in [0.05, 0.1) is 25.3 Å². The molecule has 3 aromatic rings. The molecule has 2 aromatic carbocycles. The standard InChI is InChI=1S/C29H33F2N3O3/c1-32-24-14-21(37-2)6-7-22(24)26-27(32)25(16-35)34(15-19-13-20(30)5-8-23(19)31)17-29(26)9-11-33(12-10-29)28(36)18-3-4-18/h5-8,13-14,18,25,35H,3-4,9-12,15-17H2,1-2H3/t25-/m1/s1. The highest BCUT2D eigenvalue weighted by atomic mass is 19.1. The van der Waals surface area contributed by atoms with Gasteiger partial charge in [0, 0.05) is 67.3 Å². The van der Waals surface area contributed by atoms with Crippen molar-refractivity contribution in [3.63, 3.8) is 0 Å². The second-order valence-electron chi connectivity index (χ2n) is 10.9. The van der Waals surface area contributed by atoms with Gasteiger partial charge in [-0.15, -0.1) is 0 Å². The van der Waals surface area contributed by atoms with Gasteiger partial charge in [-0.25, -0.2) is 8.78 Å². The number of piperidine rings is 1. The fourth-order valence-corrected chi connectivity index (χ4v) is 6.66. The Morgan fingerprint density at radius 2 is 1.89 bits per heavy atom. The average molecular weight is 510 g/mol. The Morgan fingerprint density at radius 3 is 2.57 bits per heavy atom. The number of fused-ring (bicyclic) bond motifs is 4. The molecule has 8 heteroatoms. The number of aryl methyl sites for hydroxylation is 1. The fraction of sp³-hybridized carbons (Fsp3) is 0.483. The minimum absolute atomic E-state index is 0.145. The number of aromatic nitrogens is 1. The van der Waals surface area contributed by atoms with E-state index in [-0.39, 0.29) is 42.0 Å². The molecule has 3 heterocycles. The summed E-state index contributed by atoms with van der Waals surface area (Å²) in [5.74, 6) is 0.272. The van der Waals surface area contributed by atoms with Crippen LogP contribution in [0.15, 0.2) is 36.4 Å². The van der Waals surface area contributed by atoms with Crippen LogP contribution >= 0.6 is 0 Å². The molecule has 1 saturated carbocycles. The Morgan fingerprint density at radius 1 is 1.14 bits per heavy atom. The van der Waals surface area contributed by atoms with E-state index in [1.807, 2.05) is 24.1 Å². The summed E-state index contributed by atoms with van der Waals surface area (Å²) in [6.07, 6.45) is 3.54. The molecule has 2 aliphatic heterocycles. The van der Waals surface area contributed by atoms with Gasteiger partial charge < -0.3 is 19.3 Å². The number of benzene rings is 2. The van der Waals surface area contributed by atoms with E-state index >= 15 is 0 Å². The number of likely N-dealkylation sites (tertiary alicyclic amines) is 1. The second-order valence-corrected chi connectivity index (χ2v) is 10.9. The van der Waals surface area contributed by atoms with Crippen molar-refractivity contribution in [3.05, 3.63) is 64.9 Å². The number of hydrogen-bond acceptors (Lipinski definition) is 4. The number of hydrogen-bond donors (Lipinski definition) is 1. The average Bonchev–Trinajstić information content (AvgIpc) is 3.71. The van der Waals surface area contributed by atoms with E-state index < -0.39 is 11.6 Å². The lowest BCUT2D eigenvalue weighted by Gasteiger charge is -2.50. The van der Waals surface area contributed by atoms with E-state index in [0.717, 1.165) is 60.2 Å². The van der Waals surface area contributed by atoms with Crippen molar-refractivity contribution < 1.29 is 23.4 Å². The maximum absolute atomic E-state index is 14.7. The number of carbonyl (C=O) groups excluding carboxylic acids is 1. The molecule has 0 radical (unpaired) electrons. The Kier molecular flexibility index (Phi) is 5.99. The van der Waals surface area contributed by atoms with Crippen molar-refractivity contribution in [3.8, 4) is 5.75 Å². The van der Waals surface area contributed by atoms with Crippen molar-refractivity contribution in [1.82, 2.24) is 14.4 Å². The number of methoxy groups -OCH3 is 1. The van der Waals surface area contributed by atoms with Crippen LogP contribution < -0.4 is 4.74 Å². The zero-order valence-electron chi connectivity index (χ0n) is 21.3. The molecule has 1 saturated heterocycles. The van der Waals surface area contributed by atoms with Crippen LogP contribution in [0.25, 0.3) is 10.9 Å². The molecule has 3 aliphatic rings. The van der Waals surface area contributed by atoms with Gasteiger partial charge in [0.15, 0.2) is 0 Å². The molecule has 1 N–H and O–H groups in total. The van der Waals surface area contributed by atoms with E-state index in [1.54, 1.807) is 7.11 Å². The Hall–Kier alpha value is -2.97. The van der Waals surface area contributed by atoms with Crippen molar-refractivity contribution in [2.24, 2.45) is 13.0 Å². The van der Waals surface area contributed by atoms with Crippen LogP contribution in [0, 0.1) is 17.6 Å². The predicted octanol–water partition coefficient (Wildman–Crippen LogP) is 4.28. The highest BCUT2D eigenvalue weighted by molar-refractivity contribution is 5.89. The van der Waals surface area contributed by atoms with Crippen LogP contribution in [0.3, 0.4) is 0 Å². The number of halogens is 2. The van der Waals surface area contributed by atoms with Gasteiger partial charge in [0.25, 0.3) is 0 Å². The first kappa shape index (κ1) is 24.4. The third kappa shape index (κ3) is 4.01. The lowest BCUT2D eigenvalue weighted by molar-refractivity contribution is -0.134. The van der Waals surface area contributed by atoms with E-state index in [1.165, 1.54) is 11.6 Å². The Balaban J connectivity index is 1.46. The fourth-order valence-electron chi connectivity index (χ4n) is 6.66. The molecule has 37 heavy (non-hydrogen) atoms. The first-order chi connectivity index (χ1) is 17.8. The molecule has 1 aliphatic carbocycles. The summed E-state index contributed by atoms with van der Waals surface area (Å²) in [5, 5.41) is 11.8. The molecular formula is C29H33F2N3O3. The van der Waals surface area contributed by atoms with Crippen LogP contribution in [-0.4, -0.2) is 58.7 Å². The van der Waals surface area contributed by atoms with Crippen molar-refractivity contribution in [1.29, 1.82) is 0 Å². The zero-order valence-corrected chi connectivity index (χ0v) is 21.3. The summed E-state index contributed by atoms with van der Waals surface area (Å²) in [7, 11) is 3.64. The van der Waals surface area contributed by atoms with E-state index in [9.17, 15) is 18.7 Å². The molecule has 2 fully saturated rings. The van der Waals surface area contributed by atoms with Crippen molar-refractivity contribution >= 4 is 16.8 Å². The molecule has 6 rings (SSSR count). The minimum Gasteiger partial charge on any atom is -0.497 e. The van der Waals surface area contributed by atoms with Gasteiger partial charge in [-0.2, -0.15) is 0 Å². The second kappa shape index (κ2) is 9.10. The molecule has 1 spiro atoms. The monoisotopic (exact) mass is 509 g/mol. The summed E-state index contributed by atoms with van der Waals surface area (Å²) in [6, 6.07) is 9.22. The van der Waals surface area contributed by atoms with Crippen molar-refractivity contribution in [2.45, 2.75) is 43.7 Å². The molecule has 1 atom stereocenters. The summed E-state index contributed by atoms with van der Waals surface area (Å²) in [5.41, 5.74) is 3.22. The van der Waals surface area contributed by atoms with Gasteiger partial charge in [0.2, 0.25) is 5.91 Å². The lowest BCUT2D eigenvalue weighted by Crippen LogP contribution is -2.54. The molecule has 1 amide bonds. The summed E-state index contributed by atoms with van der Waals surface area (Å²) in [4.78, 5) is 16.9. The smallest absolute Gasteiger partial charge is 0.225 e. The third-order valence-corrected chi connectivity index (χ3v) is 8.76. The van der Waals surface area contributed by atoms with Crippen LogP contribution in [0.2, 0.25) is 0 Å². The maximum atomic E-state index is 14.7. The molecule has 6 nitrogen and oxygen atoms in total. The normalized spacial score (nSPS) is 21.4.